The average molecular weight is 300 g/mol. The number of carbonyl (C=O) groups is 1. The first-order valence-corrected chi connectivity index (χ1v) is 7.01. The molecule has 0 aliphatic rings. The fourth-order valence-corrected chi connectivity index (χ4v) is 2.68. The van der Waals surface area contributed by atoms with Gasteiger partial charge in [0.1, 0.15) is 0 Å². The lowest BCUT2D eigenvalue weighted by Crippen LogP contribution is -2.26. The zero-order valence-electron chi connectivity index (χ0n) is 9.61. The summed E-state index contributed by atoms with van der Waals surface area (Å²) < 4.78 is 0. The van der Waals surface area contributed by atoms with E-state index >= 15 is 0 Å². The summed E-state index contributed by atoms with van der Waals surface area (Å²) in [6, 6.07) is 8.91. The van der Waals surface area contributed by atoms with Gasteiger partial charge in [-0.15, -0.1) is 11.3 Å². The van der Waals surface area contributed by atoms with Gasteiger partial charge in [0.25, 0.3) is 5.91 Å². The Kier molecular flexibility index (Phi) is 4.27. The van der Waals surface area contributed by atoms with Crippen LogP contribution in [-0.2, 0) is 0 Å². The molecule has 0 saturated carbocycles. The maximum absolute atomic E-state index is 12.1. The minimum Gasteiger partial charge on any atom is -0.345 e. The zero-order chi connectivity index (χ0) is 13.1. The molecule has 0 unspecified atom stereocenters. The van der Waals surface area contributed by atoms with Gasteiger partial charge in [0.05, 0.1) is 21.7 Å². The van der Waals surface area contributed by atoms with Crippen molar-refractivity contribution in [3.63, 3.8) is 0 Å². The van der Waals surface area contributed by atoms with Crippen molar-refractivity contribution in [3.05, 3.63) is 56.2 Å². The standard InChI is InChI=1S/C13H11Cl2NOS/c1-8(11-6-3-7-18-11)16-13(17)9-4-2-5-10(14)12(9)15/h2-8H,1H3,(H,16,17)/t8-/m1/s1. The molecule has 1 heterocycles. The largest absolute Gasteiger partial charge is 0.345 e. The Balaban J connectivity index is 2.15. The number of benzene rings is 1. The number of rotatable bonds is 3. The van der Waals surface area contributed by atoms with Crippen molar-refractivity contribution in [1.29, 1.82) is 0 Å². The summed E-state index contributed by atoms with van der Waals surface area (Å²) in [5, 5.41) is 5.54. The Morgan fingerprint density at radius 2 is 2.06 bits per heavy atom. The number of halogens is 2. The van der Waals surface area contributed by atoms with Crippen LogP contribution in [0, 0.1) is 0 Å². The van der Waals surface area contributed by atoms with Crippen LogP contribution >= 0.6 is 34.5 Å². The first-order valence-electron chi connectivity index (χ1n) is 5.38. The number of hydrogen-bond donors (Lipinski definition) is 1. The molecule has 0 bridgehead atoms. The van der Waals surface area contributed by atoms with Gasteiger partial charge in [-0.2, -0.15) is 0 Å². The second kappa shape index (κ2) is 5.74. The highest BCUT2D eigenvalue weighted by Crippen LogP contribution is 2.26. The molecule has 5 heteroatoms. The molecule has 0 fully saturated rings. The van der Waals surface area contributed by atoms with Crippen molar-refractivity contribution in [2.75, 3.05) is 0 Å². The topological polar surface area (TPSA) is 29.1 Å². The normalized spacial score (nSPS) is 12.2. The minimum atomic E-state index is -0.219. The Morgan fingerprint density at radius 1 is 1.28 bits per heavy atom. The van der Waals surface area contributed by atoms with Crippen LogP contribution in [-0.4, -0.2) is 5.91 Å². The number of carbonyl (C=O) groups excluding carboxylic acids is 1. The number of nitrogens with one attached hydrogen (secondary N) is 1. The molecule has 2 nitrogen and oxygen atoms in total. The number of hydrogen-bond acceptors (Lipinski definition) is 2. The predicted molar refractivity (Wildman–Crippen MR) is 76.7 cm³/mol. The quantitative estimate of drug-likeness (QED) is 0.885. The molecule has 1 amide bonds. The first-order chi connectivity index (χ1) is 8.59. The molecule has 2 aromatic rings. The summed E-state index contributed by atoms with van der Waals surface area (Å²) in [5.74, 6) is -0.219. The van der Waals surface area contributed by atoms with Crippen molar-refractivity contribution in [2.45, 2.75) is 13.0 Å². The maximum atomic E-state index is 12.1. The lowest BCUT2D eigenvalue weighted by Gasteiger charge is -2.13. The van der Waals surface area contributed by atoms with E-state index in [0.29, 0.717) is 10.6 Å². The van der Waals surface area contributed by atoms with Crippen molar-refractivity contribution in [2.24, 2.45) is 0 Å². The minimum absolute atomic E-state index is 0.0486. The van der Waals surface area contributed by atoms with Gasteiger partial charge in [0.15, 0.2) is 0 Å². The van der Waals surface area contributed by atoms with E-state index in [1.54, 1.807) is 29.5 Å². The Labute approximate surface area is 120 Å². The molecule has 0 aliphatic heterocycles. The Hall–Kier alpha value is -1.03. The highest BCUT2D eigenvalue weighted by atomic mass is 35.5. The molecule has 0 aliphatic carbocycles. The van der Waals surface area contributed by atoms with Crippen LogP contribution in [0.15, 0.2) is 35.7 Å². The lowest BCUT2D eigenvalue weighted by molar-refractivity contribution is 0.0940. The second-order valence-electron chi connectivity index (χ2n) is 3.81. The van der Waals surface area contributed by atoms with Crippen LogP contribution in [0.2, 0.25) is 10.0 Å². The second-order valence-corrected chi connectivity index (χ2v) is 5.58. The molecule has 1 atom stereocenters. The summed E-state index contributed by atoms with van der Waals surface area (Å²) in [5.41, 5.74) is 0.396. The number of thiophene rings is 1. The lowest BCUT2D eigenvalue weighted by atomic mass is 10.2. The average Bonchev–Trinajstić information content (AvgIpc) is 2.86. The van der Waals surface area contributed by atoms with Crippen LogP contribution in [0.4, 0.5) is 0 Å². The van der Waals surface area contributed by atoms with E-state index < -0.39 is 0 Å². The molecule has 1 aromatic carbocycles. The summed E-state index contributed by atoms with van der Waals surface area (Å²) in [7, 11) is 0. The zero-order valence-corrected chi connectivity index (χ0v) is 11.9. The third-order valence-corrected chi connectivity index (χ3v) is 4.39. The molecule has 18 heavy (non-hydrogen) atoms. The summed E-state index contributed by atoms with van der Waals surface area (Å²) in [4.78, 5) is 13.2. The molecule has 1 aromatic heterocycles. The molecule has 0 spiro atoms. The van der Waals surface area contributed by atoms with Crippen molar-refractivity contribution >= 4 is 40.4 Å². The summed E-state index contributed by atoms with van der Waals surface area (Å²) >= 11 is 13.5. The third-order valence-electron chi connectivity index (χ3n) is 2.51. The monoisotopic (exact) mass is 299 g/mol. The van der Waals surface area contributed by atoms with Gasteiger partial charge in [-0.1, -0.05) is 35.3 Å². The molecule has 94 valence electrons. The van der Waals surface area contributed by atoms with Crippen molar-refractivity contribution in [1.82, 2.24) is 5.32 Å². The fraction of sp³-hybridized carbons (Fsp3) is 0.154. The van der Waals surface area contributed by atoms with Gasteiger partial charge in [-0.05, 0) is 30.5 Å². The van der Waals surface area contributed by atoms with Gasteiger partial charge in [-0.3, -0.25) is 4.79 Å². The smallest absolute Gasteiger partial charge is 0.253 e. The van der Waals surface area contributed by atoms with Gasteiger partial charge in [0.2, 0.25) is 0 Å². The molecular weight excluding hydrogens is 289 g/mol. The van der Waals surface area contributed by atoms with E-state index in [1.165, 1.54) is 0 Å². The summed E-state index contributed by atoms with van der Waals surface area (Å²) in [6.07, 6.45) is 0. The maximum Gasteiger partial charge on any atom is 0.253 e. The van der Waals surface area contributed by atoms with E-state index in [0.717, 1.165) is 4.88 Å². The highest BCUT2D eigenvalue weighted by molar-refractivity contribution is 7.10. The molecule has 2 rings (SSSR count). The van der Waals surface area contributed by atoms with E-state index in [9.17, 15) is 4.79 Å². The fourth-order valence-electron chi connectivity index (χ4n) is 1.56. The highest BCUT2D eigenvalue weighted by Gasteiger charge is 2.15. The van der Waals surface area contributed by atoms with E-state index in [-0.39, 0.29) is 17.0 Å². The number of amides is 1. The van der Waals surface area contributed by atoms with Crippen LogP contribution in [0.3, 0.4) is 0 Å². The van der Waals surface area contributed by atoms with Crippen LogP contribution in [0.1, 0.15) is 28.2 Å². The van der Waals surface area contributed by atoms with E-state index in [2.05, 4.69) is 5.32 Å². The Bertz CT molecular complexity index is 554. The van der Waals surface area contributed by atoms with Crippen LogP contribution < -0.4 is 5.32 Å². The van der Waals surface area contributed by atoms with Crippen LogP contribution in [0.5, 0.6) is 0 Å². The SMILES string of the molecule is C[C@@H](NC(=O)c1cccc(Cl)c1Cl)c1cccs1. The molecule has 1 N–H and O–H groups in total. The van der Waals surface area contributed by atoms with Crippen LogP contribution in [0.25, 0.3) is 0 Å². The van der Waals surface area contributed by atoms with E-state index in [4.69, 9.17) is 23.2 Å². The van der Waals surface area contributed by atoms with Crippen molar-refractivity contribution in [3.8, 4) is 0 Å². The van der Waals surface area contributed by atoms with Gasteiger partial charge < -0.3 is 5.32 Å². The first kappa shape index (κ1) is 13.4. The van der Waals surface area contributed by atoms with Crippen molar-refractivity contribution < 1.29 is 4.79 Å². The third kappa shape index (κ3) is 2.86. The summed E-state index contributed by atoms with van der Waals surface area (Å²) in [6.45, 7) is 1.93. The molecule has 0 radical (unpaired) electrons. The predicted octanol–water partition coefficient (Wildman–Crippen LogP) is 4.55. The molecule has 0 saturated heterocycles. The van der Waals surface area contributed by atoms with Gasteiger partial charge in [-0.25, -0.2) is 0 Å². The van der Waals surface area contributed by atoms with Gasteiger partial charge in [0, 0.05) is 4.88 Å². The molecular formula is C13H11Cl2NOS. The van der Waals surface area contributed by atoms with Gasteiger partial charge >= 0.3 is 0 Å². The Morgan fingerprint density at radius 3 is 2.72 bits per heavy atom. The van der Waals surface area contributed by atoms with E-state index in [1.807, 2.05) is 24.4 Å².